The first-order valence-corrected chi connectivity index (χ1v) is 15.7. The lowest BCUT2D eigenvalue weighted by molar-refractivity contribution is 0.0839. The number of carbonyl (C=O) groups is 1. The predicted molar refractivity (Wildman–Crippen MR) is 180 cm³/mol. The molecule has 0 aliphatic carbocycles. The lowest BCUT2D eigenvalue weighted by Gasteiger charge is -2.30. The summed E-state index contributed by atoms with van der Waals surface area (Å²) >= 11 is 0. The Labute approximate surface area is 278 Å². The third-order valence-electron chi connectivity index (χ3n) is 8.84. The summed E-state index contributed by atoms with van der Waals surface area (Å²) < 4.78 is 12.8. The predicted octanol–water partition coefficient (Wildman–Crippen LogP) is 7.91. The fourth-order valence-electron chi connectivity index (χ4n) is 6.47. The van der Waals surface area contributed by atoms with Crippen molar-refractivity contribution < 1.29 is 44.9 Å². The van der Waals surface area contributed by atoms with Crippen molar-refractivity contribution >= 4 is 5.78 Å². The Hall–Kier alpha value is -5.57. The summed E-state index contributed by atoms with van der Waals surface area (Å²) in [6.07, 6.45) is 2.41. The van der Waals surface area contributed by atoms with Gasteiger partial charge in [0.1, 0.15) is 63.8 Å². The number of hydrogen-bond acceptors (Lipinski definition) is 9. The maximum atomic E-state index is 13.8. The molecule has 3 atom stereocenters. The van der Waals surface area contributed by atoms with E-state index in [1.165, 1.54) is 36.4 Å². The molecule has 3 unspecified atom stereocenters. The third-order valence-corrected chi connectivity index (χ3v) is 8.84. The van der Waals surface area contributed by atoms with E-state index in [1.54, 1.807) is 18.2 Å². The molecule has 0 aromatic heterocycles. The van der Waals surface area contributed by atoms with Crippen LogP contribution in [0.15, 0.2) is 77.9 Å². The molecule has 6 rings (SSSR count). The Bertz CT molecular complexity index is 1960. The third kappa shape index (κ3) is 5.99. The lowest BCUT2D eigenvalue weighted by Crippen LogP contribution is -2.22. The number of phenols is 6. The Morgan fingerprint density at radius 3 is 1.96 bits per heavy atom. The molecule has 2 heterocycles. The number of ketones is 1. The number of rotatable bonds is 7. The molecule has 4 aromatic rings. The zero-order valence-electron chi connectivity index (χ0n) is 27.1. The smallest absolute Gasteiger partial charge is 0.174 e. The van der Waals surface area contributed by atoms with Crippen molar-refractivity contribution in [3.05, 3.63) is 117 Å². The van der Waals surface area contributed by atoms with Gasteiger partial charge in [0.15, 0.2) is 5.78 Å². The lowest BCUT2D eigenvalue weighted by atomic mass is 9.83. The van der Waals surface area contributed by atoms with Crippen LogP contribution in [-0.4, -0.2) is 36.4 Å². The number of benzene rings is 4. The van der Waals surface area contributed by atoms with Crippen molar-refractivity contribution in [2.45, 2.75) is 65.1 Å². The van der Waals surface area contributed by atoms with Gasteiger partial charge in [-0.2, -0.15) is 0 Å². The van der Waals surface area contributed by atoms with Crippen LogP contribution in [0.5, 0.6) is 46.0 Å². The first-order valence-electron chi connectivity index (χ1n) is 15.7. The summed E-state index contributed by atoms with van der Waals surface area (Å²) in [6, 6.07) is 13.9. The zero-order chi connectivity index (χ0) is 34.4. The van der Waals surface area contributed by atoms with E-state index in [-0.39, 0.29) is 76.2 Å². The second-order valence-corrected chi connectivity index (χ2v) is 12.9. The molecular formula is C39H38O9. The molecular weight excluding hydrogens is 612 g/mol. The number of carbonyl (C=O) groups excluding carboxylic acids is 1. The second-order valence-electron chi connectivity index (χ2n) is 12.9. The standard InChI is InChI=1S/C39H38O9/c1-19(2)5-11-26-36(45)27(12-6-20(3)4)39-35(37(26)46)31(44)18-32(48-39)28-16-29-33(17-30(28)43)47-38(21-7-9-23(40)10-8-21)34(29)22-13-24(41)15-25(42)14-22/h5-10,13-17,32,34,38,40-43,45-46H,11-12,18H2,1-4H3. The van der Waals surface area contributed by atoms with Gasteiger partial charge in [-0.1, -0.05) is 35.4 Å². The van der Waals surface area contributed by atoms with Gasteiger partial charge in [-0.15, -0.1) is 0 Å². The molecule has 0 bridgehead atoms. The molecule has 4 aromatic carbocycles. The number of ether oxygens (including phenoxy) is 2. The molecule has 0 radical (unpaired) electrons. The number of aromatic hydroxyl groups is 6. The summed E-state index contributed by atoms with van der Waals surface area (Å²) in [5, 5.41) is 64.6. The van der Waals surface area contributed by atoms with E-state index in [0.29, 0.717) is 28.0 Å². The van der Waals surface area contributed by atoms with Gasteiger partial charge < -0.3 is 40.1 Å². The Morgan fingerprint density at radius 1 is 0.708 bits per heavy atom. The highest BCUT2D eigenvalue weighted by molar-refractivity contribution is 6.04. The Morgan fingerprint density at radius 2 is 1.33 bits per heavy atom. The molecule has 9 nitrogen and oxygen atoms in total. The summed E-state index contributed by atoms with van der Waals surface area (Å²) in [5.41, 5.74) is 4.73. The van der Waals surface area contributed by atoms with Crippen molar-refractivity contribution in [3.63, 3.8) is 0 Å². The largest absolute Gasteiger partial charge is 0.508 e. The topological polar surface area (TPSA) is 157 Å². The van der Waals surface area contributed by atoms with Crippen LogP contribution in [0.3, 0.4) is 0 Å². The van der Waals surface area contributed by atoms with Gasteiger partial charge in [0.05, 0.1) is 12.3 Å². The summed E-state index contributed by atoms with van der Waals surface area (Å²) in [7, 11) is 0. The maximum Gasteiger partial charge on any atom is 0.174 e. The molecule has 0 spiro atoms. The fraction of sp³-hybridized carbons (Fsp3) is 0.256. The number of Topliss-reactive ketones (excluding diaryl/α,β-unsaturated/α-hetero) is 1. The van der Waals surface area contributed by atoms with E-state index < -0.39 is 23.9 Å². The molecule has 2 aliphatic rings. The normalized spacial score (nSPS) is 17.9. The maximum absolute atomic E-state index is 13.8. The monoisotopic (exact) mass is 650 g/mol. The van der Waals surface area contributed by atoms with Crippen molar-refractivity contribution in [3.8, 4) is 46.0 Å². The minimum Gasteiger partial charge on any atom is -0.508 e. The van der Waals surface area contributed by atoms with E-state index >= 15 is 0 Å². The van der Waals surface area contributed by atoms with Gasteiger partial charge in [0.25, 0.3) is 0 Å². The summed E-state index contributed by atoms with van der Waals surface area (Å²) in [6.45, 7) is 7.65. The highest BCUT2D eigenvalue weighted by Crippen LogP contribution is 2.55. The van der Waals surface area contributed by atoms with Crippen LogP contribution >= 0.6 is 0 Å². The summed E-state index contributed by atoms with van der Waals surface area (Å²) in [5.74, 6) is -1.43. The van der Waals surface area contributed by atoms with Crippen LogP contribution in [0.25, 0.3) is 0 Å². The molecule has 48 heavy (non-hydrogen) atoms. The van der Waals surface area contributed by atoms with Crippen LogP contribution < -0.4 is 9.47 Å². The van der Waals surface area contributed by atoms with Crippen molar-refractivity contribution in [1.82, 2.24) is 0 Å². The molecule has 2 aliphatic heterocycles. The van der Waals surface area contributed by atoms with Crippen LogP contribution in [0.2, 0.25) is 0 Å². The molecule has 9 heteroatoms. The number of hydrogen-bond donors (Lipinski definition) is 6. The Balaban J connectivity index is 1.47. The number of phenolic OH excluding ortho intramolecular Hbond substituents is 6. The SMILES string of the molecule is CC(C)=CCc1c(O)c(CC=C(C)C)c2c(c1O)C(=O)CC(c1cc3c(cc1O)OC(c1ccc(O)cc1)C3c1cc(O)cc(O)c1)O2. The van der Waals surface area contributed by atoms with Crippen molar-refractivity contribution in [2.75, 3.05) is 0 Å². The van der Waals surface area contributed by atoms with E-state index in [1.807, 2.05) is 39.8 Å². The minimum atomic E-state index is -0.978. The summed E-state index contributed by atoms with van der Waals surface area (Å²) in [4.78, 5) is 13.8. The van der Waals surface area contributed by atoms with Gasteiger partial charge >= 0.3 is 0 Å². The minimum absolute atomic E-state index is 0.00264. The van der Waals surface area contributed by atoms with Crippen molar-refractivity contribution in [1.29, 1.82) is 0 Å². The quantitative estimate of drug-likeness (QED) is 0.109. The van der Waals surface area contributed by atoms with E-state index in [4.69, 9.17) is 9.47 Å². The van der Waals surface area contributed by atoms with Gasteiger partial charge in [0.2, 0.25) is 0 Å². The second kappa shape index (κ2) is 12.6. The van der Waals surface area contributed by atoms with Crippen LogP contribution in [0, 0.1) is 0 Å². The van der Waals surface area contributed by atoms with Gasteiger partial charge in [-0.25, -0.2) is 0 Å². The Kier molecular flexibility index (Phi) is 8.47. The average molecular weight is 651 g/mol. The van der Waals surface area contributed by atoms with E-state index in [9.17, 15) is 35.4 Å². The van der Waals surface area contributed by atoms with Crippen LogP contribution in [-0.2, 0) is 12.8 Å². The number of fused-ring (bicyclic) bond motifs is 2. The highest BCUT2D eigenvalue weighted by atomic mass is 16.5. The fourth-order valence-corrected chi connectivity index (χ4v) is 6.47. The molecule has 0 amide bonds. The molecule has 0 fully saturated rings. The van der Waals surface area contributed by atoms with Crippen molar-refractivity contribution in [2.24, 2.45) is 0 Å². The molecule has 0 saturated carbocycles. The van der Waals surface area contributed by atoms with E-state index in [2.05, 4.69) is 0 Å². The zero-order valence-corrected chi connectivity index (χ0v) is 27.1. The van der Waals surface area contributed by atoms with Gasteiger partial charge in [0, 0.05) is 34.4 Å². The first kappa shape index (κ1) is 32.4. The highest BCUT2D eigenvalue weighted by Gasteiger charge is 2.41. The van der Waals surface area contributed by atoms with Crippen LogP contribution in [0.4, 0.5) is 0 Å². The van der Waals surface area contributed by atoms with Crippen LogP contribution in [0.1, 0.15) is 96.0 Å². The molecule has 6 N–H and O–H groups in total. The van der Waals surface area contributed by atoms with E-state index in [0.717, 1.165) is 11.1 Å². The van der Waals surface area contributed by atoms with Gasteiger partial charge in [-0.3, -0.25) is 4.79 Å². The average Bonchev–Trinajstić information content (AvgIpc) is 3.37. The molecule has 248 valence electrons. The molecule has 0 saturated heterocycles. The number of allylic oxidation sites excluding steroid dienone is 4. The first-order chi connectivity index (χ1) is 22.8. The van der Waals surface area contributed by atoms with Gasteiger partial charge in [-0.05, 0) is 82.0 Å².